The standard InChI is InChI=1S/C16H21NO4/c1-21-14-7-3-2-5-12(14)8-9-15(18)17-10-4-6-13(11-17)16(19)20/h2-3,5,7,13H,4,6,8-11H2,1H3,(H,19,20)/t13-/m1/s1. The Labute approximate surface area is 124 Å². The quantitative estimate of drug-likeness (QED) is 0.900. The Bertz CT molecular complexity index is 515. The van der Waals surface area contributed by atoms with Crippen LogP contribution in [0.4, 0.5) is 0 Å². The van der Waals surface area contributed by atoms with Crippen molar-refractivity contribution in [1.82, 2.24) is 4.90 Å². The predicted octanol–water partition coefficient (Wildman–Crippen LogP) is 1.95. The molecule has 5 heteroatoms. The van der Waals surface area contributed by atoms with Crippen LogP contribution in [0.15, 0.2) is 24.3 Å². The van der Waals surface area contributed by atoms with E-state index in [2.05, 4.69) is 0 Å². The van der Waals surface area contributed by atoms with Crippen molar-refractivity contribution < 1.29 is 19.4 Å². The molecule has 1 aliphatic rings. The highest BCUT2D eigenvalue weighted by Gasteiger charge is 2.27. The molecule has 1 aliphatic heterocycles. The van der Waals surface area contributed by atoms with Crippen LogP contribution in [0.25, 0.3) is 0 Å². The van der Waals surface area contributed by atoms with E-state index in [9.17, 15) is 9.59 Å². The van der Waals surface area contributed by atoms with Gasteiger partial charge in [0.25, 0.3) is 0 Å². The molecule has 0 aromatic heterocycles. The lowest BCUT2D eigenvalue weighted by Gasteiger charge is -2.30. The number of piperidine rings is 1. The molecule has 114 valence electrons. The van der Waals surface area contributed by atoms with Crippen molar-refractivity contribution >= 4 is 11.9 Å². The van der Waals surface area contributed by atoms with Crippen molar-refractivity contribution in [1.29, 1.82) is 0 Å². The minimum absolute atomic E-state index is 0.0202. The molecule has 21 heavy (non-hydrogen) atoms. The maximum absolute atomic E-state index is 12.2. The Hall–Kier alpha value is -2.04. The lowest BCUT2D eigenvalue weighted by Crippen LogP contribution is -2.42. The summed E-state index contributed by atoms with van der Waals surface area (Å²) in [6, 6.07) is 7.64. The number of amides is 1. The van der Waals surface area contributed by atoms with E-state index < -0.39 is 11.9 Å². The third-order valence-corrected chi connectivity index (χ3v) is 3.92. The first-order valence-corrected chi connectivity index (χ1v) is 7.24. The van der Waals surface area contributed by atoms with Crippen LogP contribution >= 0.6 is 0 Å². The number of nitrogens with zero attached hydrogens (tertiary/aromatic N) is 1. The SMILES string of the molecule is COc1ccccc1CCC(=O)N1CCC[C@@H](C(=O)O)C1. The number of likely N-dealkylation sites (tertiary alicyclic amines) is 1. The Morgan fingerprint density at radius 1 is 1.38 bits per heavy atom. The zero-order chi connectivity index (χ0) is 15.2. The molecule has 0 spiro atoms. The second kappa shape index (κ2) is 7.11. The molecule has 0 saturated carbocycles. The fourth-order valence-electron chi connectivity index (χ4n) is 2.71. The second-order valence-electron chi connectivity index (χ2n) is 5.33. The van der Waals surface area contributed by atoms with Gasteiger partial charge in [-0.2, -0.15) is 0 Å². The molecule has 0 radical (unpaired) electrons. The fourth-order valence-corrected chi connectivity index (χ4v) is 2.71. The number of methoxy groups -OCH3 is 1. The Kier molecular flexibility index (Phi) is 5.20. The van der Waals surface area contributed by atoms with Gasteiger partial charge in [0, 0.05) is 19.5 Å². The molecule has 5 nitrogen and oxygen atoms in total. The van der Waals surface area contributed by atoms with Crippen molar-refractivity contribution in [2.24, 2.45) is 5.92 Å². The summed E-state index contributed by atoms with van der Waals surface area (Å²) in [6.45, 7) is 0.995. The molecule has 1 aromatic rings. The molecule has 0 bridgehead atoms. The molecule has 1 atom stereocenters. The largest absolute Gasteiger partial charge is 0.496 e. The molecule has 1 saturated heterocycles. The first-order chi connectivity index (χ1) is 10.1. The van der Waals surface area contributed by atoms with Gasteiger partial charge in [-0.05, 0) is 30.9 Å². The summed E-state index contributed by atoms with van der Waals surface area (Å²) in [5, 5.41) is 9.06. The molecule has 2 rings (SSSR count). The summed E-state index contributed by atoms with van der Waals surface area (Å²) < 4.78 is 5.27. The van der Waals surface area contributed by atoms with Crippen LogP contribution in [0.2, 0.25) is 0 Å². The van der Waals surface area contributed by atoms with Crippen LogP contribution in [0.3, 0.4) is 0 Å². The molecule has 1 aromatic carbocycles. The van der Waals surface area contributed by atoms with E-state index in [1.54, 1.807) is 12.0 Å². The van der Waals surface area contributed by atoms with Crippen LogP contribution in [0.1, 0.15) is 24.8 Å². The van der Waals surface area contributed by atoms with Gasteiger partial charge in [0.05, 0.1) is 13.0 Å². The second-order valence-corrected chi connectivity index (χ2v) is 5.33. The highest BCUT2D eigenvalue weighted by atomic mass is 16.5. The van der Waals surface area contributed by atoms with Crippen LogP contribution < -0.4 is 4.74 Å². The summed E-state index contributed by atoms with van der Waals surface area (Å²) in [7, 11) is 1.61. The predicted molar refractivity (Wildman–Crippen MR) is 78.3 cm³/mol. The van der Waals surface area contributed by atoms with Crippen molar-refractivity contribution in [2.45, 2.75) is 25.7 Å². The van der Waals surface area contributed by atoms with Crippen LogP contribution in [-0.4, -0.2) is 42.1 Å². The number of aryl methyl sites for hydroxylation is 1. The molecule has 1 fully saturated rings. The highest BCUT2D eigenvalue weighted by Crippen LogP contribution is 2.21. The molecule has 1 N–H and O–H groups in total. The van der Waals surface area contributed by atoms with Gasteiger partial charge in [0.2, 0.25) is 5.91 Å². The first-order valence-electron chi connectivity index (χ1n) is 7.24. The molecular formula is C16H21NO4. The smallest absolute Gasteiger partial charge is 0.308 e. The Morgan fingerprint density at radius 3 is 2.86 bits per heavy atom. The summed E-state index contributed by atoms with van der Waals surface area (Å²) >= 11 is 0. The van der Waals surface area contributed by atoms with Gasteiger partial charge >= 0.3 is 5.97 Å². The Morgan fingerprint density at radius 2 is 2.14 bits per heavy atom. The number of carbonyl (C=O) groups excluding carboxylic acids is 1. The first kappa shape index (κ1) is 15.4. The fraction of sp³-hybridized carbons (Fsp3) is 0.500. The van der Waals surface area contributed by atoms with E-state index in [4.69, 9.17) is 9.84 Å². The number of carboxylic acids is 1. The maximum atomic E-state index is 12.2. The monoisotopic (exact) mass is 291 g/mol. The molecule has 1 heterocycles. The van der Waals surface area contributed by atoms with Gasteiger partial charge in [0.15, 0.2) is 0 Å². The number of rotatable bonds is 5. The number of para-hydroxylation sites is 1. The van der Waals surface area contributed by atoms with E-state index >= 15 is 0 Å². The normalized spacial score (nSPS) is 18.3. The zero-order valence-electron chi connectivity index (χ0n) is 12.2. The van der Waals surface area contributed by atoms with Crippen molar-refractivity contribution in [3.63, 3.8) is 0 Å². The van der Waals surface area contributed by atoms with Gasteiger partial charge in [0.1, 0.15) is 5.75 Å². The van der Waals surface area contributed by atoms with Crippen molar-refractivity contribution in [3.05, 3.63) is 29.8 Å². The van der Waals surface area contributed by atoms with Gasteiger partial charge in [-0.3, -0.25) is 9.59 Å². The van der Waals surface area contributed by atoms with E-state index in [0.29, 0.717) is 32.4 Å². The van der Waals surface area contributed by atoms with Crippen LogP contribution in [-0.2, 0) is 16.0 Å². The molecule has 0 unspecified atom stereocenters. The topological polar surface area (TPSA) is 66.8 Å². The van der Waals surface area contributed by atoms with E-state index in [-0.39, 0.29) is 5.91 Å². The average Bonchev–Trinajstić information content (AvgIpc) is 2.52. The lowest BCUT2D eigenvalue weighted by molar-refractivity contribution is -0.145. The summed E-state index contributed by atoms with van der Waals surface area (Å²) in [6.07, 6.45) is 2.41. The van der Waals surface area contributed by atoms with Crippen molar-refractivity contribution in [2.75, 3.05) is 20.2 Å². The van der Waals surface area contributed by atoms with Crippen LogP contribution in [0.5, 0.6) is 5.75 Å². The minimum atomic E-state index is -0.808. The summed E-state index contributed by atoms with van der Waals surface area (Å²) in [5.74, 6) is -0.426. The molecular weight excluding hydrogens is 270 g/mol. The number of carboxylic acid groups (broad SMARTS) is 1. The summed E-state index contributed by atoms with van der Waals surface area (Å²) in [5.41, 5.74) is 1.00. The third kappa shape index (κ3) is 3.97. The number of carbonyl (C=O) groups is 2. The highest BCUT2D eigenvalue weighted by molar-refractivity contribution is 5.78. The average molecular weight is 291 g/mol. The number of hydrogen-bond acceptors (Lipinski definition) is 3. The van der Waals surface area contributed by atoms with Gasteiger partial charge < -0.3 is 14.7 Å². The molecule has 1 amide bonds. The zero-order valence-corrected chi connectivity index (χ0v) is 12.2. The molecule has 0 aliphatic carbocycles. The van der Waals surface area contributed by atoms with E-state index in [0.717, 1.165) is 17.7 Å². The minimum Gasteiger partial charge on any atom is -0.496 e. The number of aliphatic carboxylic acids is 1. The third-order valence-electron chi connectivity index (χ3n) is 3.92. The van der Waals surface area contributed by atoms with Crippen molar-refractivity contribution in [3.8, 4) is 5.75 Å². The number of ether oxygens (including phenoxy) is 1. The van der Waals surface area contributed by atoms with Gasteiger partial charge in [-0.1, -0.05) is 18.2 Å². The maximum Gasteiger partial charge on any atom is 0.308 e. The number of hydrogen-bond donors (Lipinski definition) is 1. The lowest BCUT2D eigenvalue weighted by atomic mass is 9.97. The van der Waals surface area contributed by atoms with Gasteiger partial charge in [-0.25, -0.2) is 0 Å². The summed E-state index contributed by atoms with van der Waals surface area (Å²) in [4.78, 5) is 24.9. The Balaban J connectivity index is 1.91. The van der Waals surface area contributed by atoms with Crippen LogP contribution in [0, 0.1) is 5.92 Å². The van der Waals surface area contributed by atoms with Gasteiger partial charge in [-0.15, -0.1) is 0 Å². The van der Waals surface area contributed by atoms with E-state index in [1.165, 1.54) is 0 Å². The number of benzene rings is 1. The van der Waals surface area contributed by atoms with E-state index in [1.807, 2.05) is 24.3 Å².